The van der Waals surface area contributed by atoms with E-state index >= 15 is 0 Å². The number of anilines is 1. The number of hydrogen-bond acceptors (Lipinski definition) is 4. The maximum absolute atomic E-state index is 12.7. The van der Waals surface area contributed by atoms with Crippen LogP contribution in [0.25, 0.3) is 11.8 Å². The molecule has 1 saturated heterocycles. The number of carbonyl (C=O) groups excluding carboxylic acids is 2. The Balaban J connectivity index is 1.97. The van der Waals surface area contributed by atoms with Crippen LogP contribution in [0.5, 0.6) is 0 Å². The van der Waals surface area contributed by atoms with Crippen LogP contribution in [-0.2, 0) is 9.59 Å². The lowest BCUT2D eigenvalue weighted by atomic mass is 10.1. The fourth-order valence-corrected chi connectivity index (χ4v) is 3.05. The molecular weight excluding hydrogens is 360 g/mol. The first-order valence-electron chi connectivity index (χ1n) is 8.37. The van der Waals surface area contributed by atoms with Crippen molar-refractivity contribution in [3.63, 3.8) is 0 Å². The van der Waals surface area contributed by atoms with Crippen molar-refractivity contribution < 1.29 is 9.59 Å². The van der Waals surface area contributed by atoms with E-state index in [0.717, 1.165) is 17.1 Å². The summed E-state index contributed by atoms with van der Waals surface area (Å²) in [6.45, 7) is 3.86. The summed E-state index contributed by atoms with van der Waals surface area (Å²) in [5.74, 6) is -0.930. The van der Waals surface area contributed by atoms with Gasteiger partial charge in [-0.2, -0.15) is 0 Å². The van der Waals surface area contributed by atoms with Crippen molar-refractivity contribution in [2.45, 2.75) is 0 Å². The summed E-state index contributed by atoms with van der Waals surface area (Å²) in [5.41, 5.74) is 2.77. The van der Waals surface area contributed by atoms with E-state index in [4.69, 9.17) is 12.2 Å². The SMILES string of the molecule is C=CCN1C(=O)/C(=C/c2cccn2-c2ccc(N(C)C)cc2)C(=O)NC1=S. The number of thiocarbonyl (C=S) groups is 1. The van der Waals surface area contributed by atoms with Crippen molar-refractivity contribution in [1.82, 2.24) is 14.8 Å². The number of amides is 2. The first-order valence-corrected chi connectivity index (χ1v) is 8.78. The van der Waals surface area contributed by atoms with Gasteiger partial charge in [0.1, 0.15) is 5.57 Å². The van der Waals surface area contributed by atoms with Crippen molar-refractivity contribution in [1.29, 1.82) is 0 Å². The third-order valence-electron chi connectivity index (χ3n) is 4.21. The van der Waals surface area contributed by atoms with Crippen LogP contribution in [0.15, 0.2) is 60.8 Å². The molecule has 1 fully saturated rings. The van der Waals surface area contributed by atoms with Crippen molar-refractivity contribution in [2.75, 3.05) is 25.5 Å². The summed E-state index contributed by atoms with van der Waals surface area (Å²) in [5, 5.41) is 2.65. The predicted octanol–water partition coefficient (Wildman–Crippen LogP) is 2.36. The van der Waals surface area contributed by atoms with Crippen molar-refractivity contribution in [3.8, 4) is 5.69 Å². The molecule has 0 spiro atoms. The van der Waals surface area contributed by atoms with Crippen molar-refractivity contribution in [3.05, 3.63) is 66.5 Å². The molecular formula is C20H20N4O2S. The van der Waals surface area contributed by atoms with Crippen molar-refractivity contribution >= 4 is 40.9 Å². The molecule has 0 bridgehead atoms. The summed E-state index contributed by atoms with van der Waals surface area (Å²) in [6, 6.07) is 11.7. The number of hydrogen-bond donors (Lipinski definition) is 1. The quantitative estimate of drug-likeness (QED) is 0.374. The highest BCUT2D eigenvalue weighted by atomic mass is 32.1. The van der Waals surface area contributed by atoms with Crippen LogP contribution in [0, 0.1) is 0 Å². The lowest BCUT2D eigenvalue weighted by molar-refractivity contribution is -0.128. The van der Waals surface area contributed by atoms with Gasteiger partial charge in [0.15, 0.2) is 5.11 Å². The summed E-state index contributed by atoms with van der Waals surface area (Å²) >= 11 is 5.07. The Kier molecular flexibility index (Phi) is 5.23. The zero-order chi connectivity index (χ0) is 19.6. The van der Waals surface area contributed by atoms with Crippen LogP contribution in [0.4, 0.5) is 5.69 Å². The highest BCUT2D eigenvalue weighted by Gasteiger charge is 2.32. The second-order valence-electron chi connectivity index (χ2n) is 6.24. The first-order chi connectivity index (χ1) is 12.9. The summed E-state index contributed by atoms with van der Waals surface area (Å²) in [7, 11) is 3.96. The van der Waals surface area contributed by atoms with Gasteiger partial charge in [-0.3, -0.25) is 19.8 Å². The van der Waals surface area contributed by atoms with E-state index in [2.05, 4.69) is 11.9 Å². The molecule has 6 nitrogen and oxygen atoms in total. The topological polar surface area (TPSA) is 57.6 Å². The third kappa shape index (κ3) is 3.68. The molecule has 138 valence electrons. The number of carbonyl (C=O) groups is 2. The van der Waals surface area contributed by atoms with Crippen LogP contribution >= 0.6 is 12.2 Å². The zero-order valence-electron chi connectivity index (χ0n) is 15.2. The van der Waals surface area contributed by atoms with Crippen LogP contribution in [-0.4, -0.2) is 47.0 Å². The Morgan fingerprint density at radius 2 is 1.89 bits per heavy atom. The average Bonchev–Trinajstić information content (AvgIpc) is 3.10. The fraction of sp³-hybridized carbons (Fsp3) is 0.150. The van der Waals surface area contributed by atoms with Gasteiger partial charge in [-0.1, -0.05) is 6.08 Å². The number of nitrogens with one attached hydrogen (secondary N) is 1. The monoisotopic (exact) mass is 380 g/mol. The molecule has 0 unspecified atom stereocenters. The molecule has 1 aromatic heterocycles. The largest absolute Gasteiger partial charge is 0.378 e. The minimum absolute atomic E-state index is 0.0373. The van der Waals surface area contributed by atoms with Crippen LogP contribution < -0.4 is 10.2 Å². The Morgan fingerprint density at radius 1 is 1.19 bits per heavy atom. The van der Waals surface area contributed by atoms with Crippen LogP contribution in [0.1, 0.15) is 5.69 Å². The molecule has 2 aromatic rings. The fourth-order valence-electron chi connectivity index (χ4n) is 2.79. The van der Waals surface area contributed by atoms with E-state index in [9.17, 15) is 9.59 Å². The lowest BCUT2D eigenvalue weighted by Gasteiger charge is -2.27. The molecule has 27 heavy (non-hydrogen) atoms. The first kappa shape index (κ1) is 18.6. The van der Waals surface area contributed by atoms with E-state index < -0.39 is 11.8 Å². The van der Waals surface area contributed by atoms with Gasteiger partial charge in [-0.05, 0) is 54.7 Å². The molecule has 0 saturated carbocycles. The van der Waals surface area contributed by atoms with Gasteiger partial charge in [-0.15, -0.1) is 6.58 Å². The van der Waals surface area contributed by atoms with Crippen LogP contribution in [0.2, 0.25) is 0 Å². The molecule has 7 heteroatoms. The molecule has 1 aliphatic heterocycles. The van der Waals surface area contributed by atoms with Gasteiger partial charge in [0.05, 0.1) is 0 Å². The zero-order valence-corrected chi connectivity index (χ0v) is 16.0. The van der Waals surface area contributed by atoms with E-state index in [0.29, 0.717) is 0 Å². The molecule has 0 radical (unpaired) electrons. The van der Waals surface area contributed by atoms with Crippen molar-refractivity contribution in [2.24, 2.45) is 0 Å². The molecule has 2 amide bonds. The second-order valence-corrected chi connectivity index (χ2v) is 6.62. The molecule has 2 heterocycles. The Morgan fingerprint density at radius 3 is 2.52 bits per heavy atom. The summed E-state index contributed by atoms with van der Waals surface area (Å²) < 4.78 is 1.91. The molecule has 3 rings (SSSR count). The minimum atomic E-state index is -0.499. The van der Waals surface area contributed by atoms with Crippen LogP contribution in [0.3, 0.4) is 0 Å². The lowest BCUT2D eigenvalue weighted by Crippen LogP contribution is -2.53. The maximum Gasteiger partial charge on any atom is 0.266 e. The number of benzene rings is 1. The van der Waals surface area contributed by atoms with Gasteiger partial charge in [-0.25, -0.2) is 0 Å². The minimum Gasteiger partial charge on any atom is -0.378 e. The molecule has 1 aliphatic rings. The third-order valence-corrected chi connectivity index (χ3v) is 4.54. The van der Waals surface area contributed by atoms with E-state index in [1.54, 1.807) is 12.2 Å². The van der Waals surface area contributed by atoms with E-state index in [-0.39, 0.29) is 17.2 Å². The number of aromatic nitrogens is 1. The molecule has 0 atom stereocenters. The summed E-state index contributed by atoms with van der Waals surface area (Å²) in [4.78, 5) is 28.3. The normalized spacial score (nSPS) is 15.9. The van der Waals surface area contributed by atoms with E-state index in [1.165, 1.54) is 4.90 Å². The smallest absolute Gasteiger partial charge is 0.266 e. The van der Waals surface area contributed by atoms with E-state index in [1.807, 2.05) is 66.2 Å². The molecule has 0 aliphatic carbocycles. The summed E-state index contributed by atoms with van der Waals surface area (Å²) in [6.07, 6.45) is 5.03. The average molecular weight is 380 g/mol. The highest BCUT2D eigenvalue weighted by molar-refractivity contribution is 7.80. The second kappa shape index (κ2) is 7.59. The Labute approximate surface area is 163 Å². The van der Waals surface area contributed by atoms with Gasteiger partial charge >= 0.3 is 0 Å². The van der Waals surface area contributed by atoms with Gasteiger partial charge in [0.25, 0.3) is 11.8 Å². The molecule has 1 N–H and O–H groups in total. The number of rotatable bonds is 5. The Hall–Kier alpha value is -3.19. The highest BCUT2D eigenvalue weighted by Crippen LogP contribution is 2.20. The molecule has 1 aromatic carbocycles. The number of nitrogens with zero attached hydrogens (tertiary/aromatic N) is 3. The standard InChI is InChI=1S/C20H20N4O2S/c1-4-11-24-19(26)17(18(25)21-20(24)27)13-16-6-5-12-23(16)15-9-7-14(8-10-15)22(2)3/h4-10,12-13H,1,11H2,2-3H3,(H,21,25,27)/b17-13+. The maximum atomic E-state index is 12.7. The predicted molar refractivity (Wildman–Crippen MR) is 111 cm³/mol. The Bertz CT molecular complexity index is 941. The van der Waals surface area contributed by atoms with Gasteiger partial charge in [0.2, 0.25) is 0 Å². The van der Waals surface area contributed by atoms with Gasteiger partial charge in [0, 0.05) is 43.9 Å². The van der Waals surface area contributed by atoms with Gasteiger partial charge < -0.3 is 9.47 Å².